The monoisotopic (exact) mass is 157 g/mol. The fraction of sp³-hybridized carbons (Fsp3) is 0.250. The number of hydrogen-bond donors (Lipinski definition) is 0. The van der Waals surface area contributed by atoms with Crippen molar-refractivity contribution in [3.63, 3.8) is 0 Å². The van der Waals surface area contributed by atoms with E-state index in [0.29, 0.717) is 0 Å². The van der Waals surface area contributed by atoms with E-state index in [0.717, 1.165) is 13.0 Å². The van der Waals surface area contributed by atoms with Crippen LogP contribution < -0.4 is 51.4 Å². The molecular weight excluding hydrogens is 149 g/mol. The van der Waals surface area contributed by atoms with Gasteiger partial charge in [-0.2, -0.15) is 0 Å². The molecule has 0 saturated heterocycles. The topological polar surface area (TPSA) is 14.1 Å². The van der Waals surface area contributed by atoms with E-state index in [9.17, 15) is 0 Å². The van der Waals surface area contributed by atoms with E-state index in [1.54, 1.807) is 0 Å². The zero-order valence-electron chi connectivity index (χ0n) is 6.17. The molecule has 0 fully saturated rings. The minimum Gasteiger partial charge on any atom is -0.684 e. The summed E-state index contributed by atoms with van der Waals surface area (Å²) in [6.45, 7) is 0.985. The average molecular weight is 157 g/mol. The molecule has 1 aromatic rings. The molecule has 1 aromatic carbocycles. The molecule has 0 saturated carbocycles. The van der Waals surface area contributed by atoms with Crippen LogP contribution in [0.25, 0.3) is 5.32 Å². The summed E-state index contributed by atoms with van der Waals surface area (Å²) in [7, 11) is 0. The number of rotatable bonds is 0. The van der Waals surface area contributed by atoms with Crippen molar-refractivity contribution in [1.29, 1.82) is 0 Å². The average Bonchev–Trinajstić information content (AvgIpc) is 2.33. The SMILES string of the molecule is [K+].c1ccc2c(c1)CC[N-]2. The van der Waals surface area contributed by atoms with Gasteiger partial charge in [0.05, 0.1) is 0 Å². The number of para-hydroxylation sites is 1. The fourth-order valence-electron chi connectivity index (χ4n) is 1.17. The first kappa shape index (κ1) is 8.75. The van der Waals surface area contributed by atoms with Crippen LogP contribution in [0.3, 0.4) is 0 Å². The Hall–Kier alpha value is 0.656. The van der Waals surface area contributed by atoms with E-state index in [1.165, 1.54) is 11.3 Å². The van der Waals surface area contributed by atoms with Crippen LogP contribution in [-0.2, 0) is 6.42 Å². The maximum Gasteiger partial charge on any atom is 1.00 e. The summed E-state index contributed by atoms with van der Waals surface area (Å²) in [6.07, 6.45) is 1.14. The van der Waals surface area contributed by atoms with E-state index < -0.39 is 0 Å². The molecule has 0 bridgehead atoms. The molecule has 2 heteroatoms. The molecule has 46 valence electrons. The van der Waals surface area contributed by atoms with E-state index in [2.05, 4.69) is 23.5 Å². The quantitative estimate of drug-likeness (QED) is 0.440. The van der Waals surface area contributed by atoms with Gasteiger partial charge in [-0.3, -0.25) is 0 Å². The molecule has 1 heterocycles. The van der Waals surface area contributed by atoms with Gasteiger partial charge < -0.3 is 5.32 Å². The van der Waals surface area contributed by atoms with Crippen molar-refractivity contribution in [2.75, 3.05) is 6.54 Å². The van der Waals surface area contributed by atoms with Crippen molar-refractivity contribution in [1.82, 2.24) is 0 Å². The smallest absolute Gasteiger partial charge is 0.684 e. The second-order valence-corrected chi connectivity index (χ2v) is 2.26. The summed E-state index contributed by atoms with van der Waals surface area (Å²) in [6, 6.07) is 8.32. The fourth-order valence-corrected chi connectivity index (χ4v) is 1.17. The number of hydrogen-bond acceptors (Lipinski definition) is 0. The molecule has 0 N–H and O–H groups in total. The molecule has 10 heavy (non-hydrogen) atoms. The van der Waals surface area contributed by atoms with Gasteiger partial charge in [-0.05, 0) is 6.42 Å². The Morgan fingerprint density at radius 2 is 2.00 bits per heavy atom. The standard InChI is InChI=1S/C8H8N.K/c1-2-4-8-7(3-1)5-6-9-8;/h1-4H,5-6H2;/q-1;+1. The van der Waals surface area contributed by atoms with Gasteiger partial charge in [0.2, 0.25) is 0 Å². The Bertz CT molecular complexity index is 199. The van der Waals surface area contributed by atoms with E-state index in [4.69, 9.17) is 0 Å². The Labute approximate surface area is 104 Å². The number of nitrogens with zero attached hydrogens (tertiary/aromatic N) is 1. The maximum atomic E-state index is 4.30. The molecule has 0 aromatic heterocycles. The third-order valence-electron chi connectivity index (χ3n) is 1.65. The van der Waals surface area contributed by atoms with E-state index >= 15 is 0 Å². The molecular formula is C8H8KN. The van der Waals surface area contributed by atoms with Gasteiger partial charge in [0, 0.05) is 0 Å². The summed E-state index contributed by atoms with van der Waals surface area (Å²) in [5.74, 6) is 0. The molecule has 0 radical (unpaired) electrons. The van der Waals surface area contributed by atoms with Crippen LogP contribution in [0.1, 0.15) is 5.56 Å². The zero-order valence-corrected chi connectivity index (χ0v) is 9.29. The van der Waals surface area contributed by atoms with Crippen molar-refractivity contribution >= 4 is 5.69 Å². The molecule has 0 spiro atoms. The van der Waals surface area contributed by atoms with Gasteiger partial charge >= 0.3 is 51.4 Å². The largest absolute Gasteiger partial charge is 1.00 e. The predicted molar refractivity (Wildman–Crippen MR) is 38.0 cm³/mol. The predicted octanol–water partition coefficient (Wildman–Crippen LogP) is -0.748. The second kappa shape index (κ2) is 3.88. The van der Waals surface area contributed by atoms with Crippen molar-refractivity contribution in [2.24, 2.45) is 0 Å². The number of fused-ring (bicyclic) bond motifs is 1. The molecule has 0 aliphatic carbocycles. The van der Waals surface area contributed by atoms with E-state index in [-0.39, 0.29) is 51.4 Å². The summed E-state index contributed by atoms with van der Waals surface area (Å²) in [5, 5.41) is 4.30. The molecule has 1 aliphatic heterocycles. The van der Waals surface area contributed by atoms with Gasteiger partial charge in [0.25, 0.3) is 0 Å². The second-order valence-electron chi connectivity index (χ2n) is 2.26. The Kier molecular flexibility index (Phi) is 3.39. The van der Waals surface area contributed by atoms with Crippen LogP contribution in [0.4, 0.5) is 5.69 Å². The summed E-state index contributed by atoms with van der Waals surface area (Å²) in [4.78, 5) is 0. The molecule has 0 unspecified atom stereocenters. The number of benzene rings is 1. The molecule has 2 rings (SSSR count). The van der Waals surface area contributed by atoms with Crippen molar-refractivity contribution in [2.45, 2.75) is 6.42 Å². The van der Waals surface area contributed by atoms with Gasteiger partial charge in [-0.15, -0.1) is 12.2 Å². The summed E-state index contributed by atoms with van der Waals surface area (Å²) >= 11 is 0. The normalized spacial score (nSPS) is 13.2. The van der Waals surface area contributed by atoms with Gasteiger partial charge in [0.1, 0.15) is 0 Å². The third-order valence-corrected chi connectivity index (χ3v) is 1.65. The summed E-state index contributed by atoms with van der Waals surface area (Å²) in [5.41, 5.74) is 2.59. The first-order valence-corrected chi connectivity index (χ1v) is 3.22. The van der Waals surface area contributed by atoms with Crippen LogP contribution in [-0.4, -0.2) is 6.54 Å². The summed E-state index contributed by atoms with van der Waals surface area (Å²) < 4.78 is 0. The maximum absolute atomic E-state index is 4.30. The van der Waals surface area contributed by atoms with Crippen LogP contribution in [0.2, 0.25) is 0 Å². The van der Waals surface area contributed by atoms with Crippen LogP contribution >= 0.6 is 0 Å². The molecule has 1 aliphatic rings. The van der Waals surface area contributed by atoms with Gasteiger partial charge in [-0.25, -0.2) is 0 Å². The van der Waals surface area contributed by atoms with Crippen molar-refractivity contribution < 1.29 is 51.4 Å². The first-order valence-electron chi connectivity index (χ1n) is 3.22. The van der Waals surface area contributed by atoms with Crippen LogP contribution in [0.15, 0.2) is 24.3 Å². The zero-order chi connectivity index (χ0) is 6.10. The molecule has 0 amide bonds. The molecule has 0 atom stereocenters. The van der Waals surface area contributed by atoms with Gasteiger partial charge in [0.15, 0.2) is 0 Å². The Morgan fingerprint density at radius 1 is 1.20 bits per heavy atom. The first-order chi connectivity index (χ1) is 4.47. The van der Waals surface area contributed by atoms with E-state index in [1.807, 2.05) is 6.07 Å². The minimum atomic E-state index is 0. The Morgan fingerprint density at radius 3 is 2.80 bits per heavy atom. The van der Waals surface area contributed by atoms with Crippen LogP contribution in [0.5, 0.6) is 0 Å². The third kappa shape index (κ3) is 1.63. The van der Waals surface area contributed by atoms with Crippen molar-refractivity contribution in [3.05, 3.63) is 35.1 Å². The van der Waals surface area contributed by atoms with Crippen molar-refractivity contribution in [3.8, 4) is 0 Å². The minimum absolute atomic E-state index is 0. The Balaban J connectivity index is 0.000000500. The van der Waals surface area contributed by atoms with Gasteiger partial charge in [-0.1, -0.05) is 29.8 Å². The van der Waals surface area contributed by atoms with Crippen LogP contribution in [0, 0.1) is 0 Å². The molecule has 1 nitrogen and oxygen atoms in total.